The minimum atomic E-state index is 0.0689. The summed E-state index contributed by atoms with van der Waals surface area (Å²) < 4.78 is 0. The average molecular weight is 253 g/mol. The summed E-state index contributed by atoms with van der Waals surface area (Å²) in [7, 11) is 0. The van der Waals surface area contributed by atoms with Crippen LogP contribution in [0.15, 0.2) is 36.4 Å². The van der Waals surface area contributed by atoms with Crippen molar-refractivity contribution in [3.8, 4) is 0 Å². The van der Waals surface area contributed by atoms with Gasteiger partial charge in [0.25, 0.3) is 0 Å². The molecule has 1 aliphatic rings. The second-order valence-electron chi connectivity index (χ2n) is 5.47. The quantitative estimate of drug-likeness (QED) is 0.915. The van der Waals surface area contributed by atoms with Crippen LogP contribution in [0.3, 0.4) is 0 Å². The second kappa shape index (κ2) is 4.74. The molecule has 1 saturated carbocycles. The van der Waals surface area contributed by atoms with Crippen molar-refractivity contribution in [1.82, 2.24) is 10.2 Å². The Hall–Kier alpha value is -1.74. The molecule has 1 aromatic carbocycles. The summed E-state index contributed by atoms with van der Waals surface area (Å²) in [6.07, 6.45) is 1.17. The maximum atomic E-state index is 6.43. The van der Waals surface area contributed by atoms with E-state index in [9.17, 15) is 0 Å². The molecule has 3 unspecified atom stereocenters. The van der Waals surface area contributed by atoms with Gasteiger partial charge in [-0.2, -0.15) is 10.2 Å². The molecule has 1 aromatic heterocycles. The zero-order valence-electron chi connectivity index (χ0n) is 11.4. The number of aromatic nitrogens is 2. The first-order valence-electron chi connectivity index (χ1n) is 6.78. The Bertz CT molecular complexity index is 580. The lowest BCUT2D eigenvalue weighted by Crippen LogP contribution is -2.16. The smallest absolute Gasteiger partial charge is 0.0648 e. The third-order valence-corrected chi connectivity index (χ3v) is 4.03. The summed E-state index contributed by atoms with van der Waals surface area (Å²) in [4.78, 5) is 0. The van der Waals surface area contributed by atoms with Crippen LogP contribution in [0.5, 0.6) is 0 Å². The third-order valence-electron chi connectivity index (χ3n) is 4.03. The van der Waals surface area contributed by atoms with Crippen molar-refractivity contribution in [2.45, 2.75) is 32.2 Å². The first-order chi connectivity index (χ1) is 9.16. The van der Waals surface area contributed by atoms with Gasteiger partial charge in [-0.05, 0) is 49.3 Å². The van der Waals surface area contributed by atoms with Gasteiger partial charge in [-0.25, -0.2) is 0 Å². The van der Waals surface area contributed by atoms with Gasteiger partial charge in [-0.3, -0.25) is 0 Å². The molecule has 0 saturated heterocycles. The maximum Gasteiger partial charge on any atom is 0.0648 e. The van der Waals surface area contributed by atoms with Crippen molar-refractivity contribution >= 4 is 0 Å². The Balaban J connectivity index is 1.80. The number of benzene rings is 1. The largest absolute Gasteiger partial charge is 0.324 e. The van der Waals surface area contributed by atoms with E-state index in [2.05, 4.69) is 46.6 Å². The molecule has 2 N–H and O–H groups in total. The zero-order chi connectivity index (χ0) is 13.4. The molecular weight excluding hydrogens is 234 g/mol. The van der Waals surface area contributed by atoms with Gasteiger partial charge >= 0.3 is 0 Å². The number of hydrogen-bond donors (Lipinski definition) is 1. The molecule has 98 valence electrons. The molecule has 0 aliphatic heterocycles. The standard InChI is InChI=1S/C16H19N3/c1-10-8-13(11(2)19-18-10)16(17)15-9-14(15)12-6-4-3-5-7-12/h3-8,14-16H,9,17H2,1-2H3. The van der Waals surface area contributed by atoms with Crippen LogP contribution >= 0.6 is 0 Å². The lowest BCUT2D eigenvalue weighted by atomic mass is 9.98. The molecule has 2 aromatic rings. The van der Waals surface area contributed by atoms with Crippen molar-refractivity contribution in [3.63, 3.8) is 0 Å². The monoisotopic (exact) mass is 253 g/mol. The highest BCUT2D eigenvalue weighted by Crippen LogP contribution is 2.53. The topological polar surface area (TPSA) is 51.8 Å². The Morgan fingerprint density at radius 3 is 2.63 bits per heavy atom. The van der Waals surface area contributed by atoms with E-state index in [1.165, 1.54) is 12.0 Å². The van der Waals surface area contributed by atoms with E-state index in [0.717, 1.165) is 17.0 Å². The van der Waals surface area contributed by atoms with E-state index < -0.39 is 0 Å². The molecule has 3 heteroatoms. The molecule has 0 amide bonds. The summed E-state index contributed by atoms with van der Waals surface area (Å²) in [6, 6.07) is 12.8. The van der Waals surface area contributed by atoms with Crippen molar-refractivity contribution in [2.75, 3.05) is 0 Å². The Labute approximate surface area is 113 Å². The van der Waals surface area contributed by atoms with Crippen LogP contribution in [0, 0.1) is 19.8 Å². The molecule has 0 spiro atoms. The van der Waals surface area contributed by atoms with Gasteiger partial charge in [0.15, 0.2) is 0 Å². The number of rotatable bonds is 3. The normalized spacial score (nSPS) is 23.1. The minimum absolute atomic E-state index is 0.0689. The van der Waals surface area contributed by atoms with Gasteiger partial charge in [0.05, 0.1) is 11.4 Å². The molecule has 3 atom stereocenters. The molecular formula is C16H19N3. The molecule has 1 fully saturated rings. The first kappa shape index (κ1) is 12.3. The van der Waals surface area contributed by atoms with E-state index in [0.29, 0.717) is 11.8 Å². The Kier molecular flexibility index (Phi) is 3.07. The second-order valence-corrected chi connectivity index (χ2v) is 5.47. The molecule has 3 rings (SSSR count). The van der Waals surface area contributed by atoms with E-state index in [-0.39, 0.29) is 6.04 Å². The zero-order valence-corrected chi connectivity index (χ0v) is 11.4. The Morgan fingerprint density at radius 2 is 1.89 bits per heavy atom. The number of hydrogen-bond acceptors (Lipinski definition) is 3. The molecule has 0 bridgehead atoms. The lowest BCUT2D eigenvalue weighted by Gasteiger charge is -2.14. The summed E-state index contributed by atoms with van der Waals surface area (Å²) in [6.45, 7) is 3.95. The summed E-state index contributed by atoms with van der Waals surface area (Å²) in [5.74, 6) is 1.13. The van der Waals surface area contributed by atoms with Crippen molar-refractivity contribution in [3.05, 3.63) is 58.9 Å². The van der Waals surface area contributed by atoms with Crippen LogP contribution in [0.1, 0.15) is 40.9 Å². The molecule has 1 aliphatic carbocycles. The number of nitrogens with two attached hydrogens (primary N) is 1. The van der Waals surface area contributed by atoms with E-state index >= 15 is 0 Å². The van der Waals surface area contributed by atoms with Crippen molar-refractivity contribution in [2.24, 2.45) is 11.7 Å². The molecule has 1 heterocycles. The van der Waals surface area contributed by atoms with Crippen LogP contribution in [0.2, 0.25) is 0 Å². The van der Waals surface area contributed by atoms with E-state index in [1.54, 1.807) is 0 Å². The van der Waals surface area contributed by atoms with Gasteiger partial charge in [-0.15, -0.1) is 0 Å². The number of nitrogens with zero attached hydrogens (tertiary/aromatic N) is 2. The highest BCUT2D eigenvalue weighted by Gasteiger charge is 2.43. The van der Waals surface area contributed by atoms with Crippen LogP contribution in [0.4, 0.5) is 0 Å². The van der Waals surface area contributed by atoms with Crippen LogP contribution < -0.4 is 5.73 Å². The first-order valence-corrected chi connectivity index (χ1v) is 6.78. The highest BCUT2D eigenvalue weighted by atomic mass is 15.1. The van der Waals surface area contributed by atoms with Crippen LogP contribution in [-0.4, -0.2) is 10.2 Å². The average Bonchev–Trinajstić information content (AvgIpc) is 3.22. The van der Waals surface area contributed by atoms with Crippen LogP contribution in [0.25, 0.3) is 0 Å². The fourth-order valence-electron chi connectivity index (χ4n) is 2.83. The van der Waals surface area contributed by atoms with Gasteiger partial charge < -0.3 is 5.73 Å². The van der Waals surface area contributed by atoms with Gasteiger partial charge in [0, 0.05) is 6.04 Å². The maximum absolute atomic E-state index is 6.43. The predicted octanol–water partition coefficient (Wildman–Crippen LogP) is 2.90. The SMILES string of the molecule is Cc1cc(C(N)C2CC2c2ccccc2)c(C)nn1. The van der Waals surface area contributed by atoms with Gasteiger partial charge in [0.2, 0.25) is 0 Å². The lowest BCUT2D eigenvalue weighted by molar-refractivity contribution is 0.604. The number of aryl methyl sites for hydroxylation is 2. The predicted molar refractivity (Wildman–Crippen MR) is 75.7 cm³/mol. The van der Waals surface area contributed by atoms with E-state index in [1.807, 2.05) is 13.8 Å². The van der Waals surface area contributed by atoms with Gasteiger partial charge in [0.1, 0.15) is 0 Å². The summed E-state index contributed by atoms with van der Waals surface area (Å²) in [5.41, 5.74) is 10.9. The fraction of sp³-hybridized carbons (Fsp3) is 0.375. The van der Waals surface area contributed by atoms with Crippen LogP contribution in [-0.2, 0) is 0 Å². The summed E-state index contributed by atoms with van der Waals surface area (Å²) >= 11 is 0. The third kappa shape index (κ3) is 2.38. The summed E-state index contributed by atoms with van der Waals surface area (Å²) in [5, 5.41) is 8.25. The highest BCUT2D eigenvalue weighted by molar-refractivity contribution is 5.31. The van der Waals surface area contributed by atoms with Gasteiger partial charge in [-0.1, -0.05) is 30.3 Å². The molecule has 0 radical (unpaired) electrons. The van der Waals surface area contributed by atoms with Crippen molar-refractivity contribution < 1.29 is 0 Å². The van der Waals surface area contributed by atoms with Crippen molar-refractivity contribution in [1.29, 1.82) is 0 Å². The van der Waals surface area contributed by atoms with E-state index in [4.69, 9.17) is 5.73 Å². The minimum Gasteiger partial charge on any atom is -0.324 e. The Morgan fingerprint density at radius 1 is 1.16 bits per heavy atom. The molecule has 19 heavy (non-hydrogen) atoms. The fourth-order valence-corrected chi connectivity index (χ4v) is 2.83. The molecule has 3 nitrogen and oxygen atoms in total.